The molecule has 1 aliphatic rings. The van der Waals surface area contributed by atoms with Crippen LogP contribution in [0, 0.1) is 11.8 Å². The first-order valence-corrected chi connectivity index (χ1v) is 9.56. The molecule has 1 aromatic heterocycles. The maximum absolute atomic E-state index is 12.4. The molecule has 0 fully saturated rings. The third-order valence-electron chi connectivity index (χ3n) is 5.01. The van der Waals surface area contributed by atoms with Crippen molar-refractivity contribution >= 4 is 43.4 Å². The number of hydrogen-bond donors (Lipinski definition) is 1. The van der Waals surface area contributed by atoms with E-state index in [1.807, 2.05) is 25.1 Å². The summed E-state index contributed by atoms with van der Waals surface area (Å²) < 4.78 is 39.2. The summed E-state index contributed by atoms with van der Waals surface area (Å²) in [6.45, 7) is 1.85. The van der Waals surface area contributed by atoms with Gasteiger partial charge in [0.15, 0.2) is 5.96 Å². The van der Waals surface area contributed by atoms with Crippen LogP contribution >= 0.6 is 11.3 Å². The van der Waals surface area contributed by atoms with Gasteiger partial charge >= 0.3 is 6.18 Å². The van der Waals surface area contributed by atoms with Crippen LogP contribution in [0.25, 0.3) is 20.2 Å². The van der Waals surface area contributed by atoms with E-state index in [2.05, 4.69) is 10.9 Å². The molecule has 0 spiro atoms. The van der Waals surface area contributed by atoms with Crippen LogP contribution in [0.4, 0.5) is 13.2 Å². The number of thiophene rings is 1. The number of nitrogens with two attached hydrogens (primary N) is 1. The Hall–Kier alpha value is -3.05. The Morgan fingerprint density at radius 1 is 1.17 bits per heavy atom. The number of nitrogens with zero attached hydrogens (tertiary/aromatic N) is 2. The molecule has 2 aromatic carbocycles. The number of rotatable bonds is 1. The van der Waals surface area contributed by atoms with E-state index >= 15 is 0 Å². The summed E-state index contributed by atoms with van der Waals surface area (Å²) in [6, 6.07) is 10.8. The molecule has 2 heterocycles. The molecule has 0 radical (unpaired) electrons. The van der Waals surface area contributed by atoms with Gasteiger partial charge in [0.25, 0.3) is 0 Å². The average Bonchev–Trinajstić information content (AvgIpc) is 3.01. The van der Waals surface area contributed by atoms with Crippen molar-refractivity contribution in [2.24, 2.45) is 10.7 Å². The summed E-state index contributed by atoms with van der Waals surface area (Å²) >= 11 is 1.54. The summed E-state index contributed by atoms with van der Waals surface area (Å²) in [5.74, 6) is 3.51. The van der Waals surface area contributed by atoms with E-state index < -0.39 is 11.7 Å². The van der Waals surface area contributed by atoms with Crippen molar-refractivity contribution in [1.29, 1.82) is 0 Å². The smallest absolute Gasteiger partial charge is 0.369 e. The number of aliphatic imine (C=N–C) groups is 1. The molecular formula is C21H16F3N3OS. The number of benzene rings is 2. The number of alkyl halides is 3. The minimum Gasteiger partial charge on any atom is -0.369 e. The molecule has 8 heteroatoms. The highest BCUT2D eigenvalue weighted by atomic mass is 32.1. The molecule has 0 bridgehead atoms. The van der Waals surface area contributed by atoms with E-state index in [1.165, 1.54) is 10.8 Å². The van der Waals surface area contributed by atoms with Gasteiger partial charge in [-0.05, 0) is 42.8 Å². The van der Waals surface area contributed by atoms with Crippen LogP contribution in [0.3, 0.4) is 0 Å². The summed E-state index contributed by atoms with van der Waals surface area (Å²) in [5.41, 5.74) is 6.22. The van der Waals surface area contributed by atoms with E-state index in [0.717, 1.165) is 25.7 Å². The number of hydrogen-bond acceptors (Lipinski definition) is 4. The Labute approximate surface area is 168 Å². The summed E-state index contributed by atoms with van der Waals surface area (Å²) in [6.07, 6.45) is -4.36. The van der Waals surface area contributed by atoms with Gasteiger partial charge in [-0.2, -0.15) is 13.2 Å². The Morgan fingerprint density at radius 3 is 2.48 bits per heavy atom. The summed E-state index contributed by atoms with van der Waals surface area (Å²) in [4.78, 5) is 18.1. The highest BCUT2D eigenvalue weighted by Crippen LogP contribution is 2.39. The first kappa shape index (κ1) is 19.3. The molecule has 1 atom stereocenters. The summed E-state index contributed by atoms with van der Waals surface area (Å²) in [7, 11) is 1.58. The fourth-order valence-corrected chi connectivity index (χ4v) is 4.47. The van der Waals surface area contributed by atoms with Crippen LogP contribution in [-0.2, 0) is 10.3 Å². The lowest BCUT2D eigenvalue weighted by atomic mass is 9.87. The third-order valence-corrected chi connectivity index (χ3v) is 6.17. The van der Waals surface area contributed by atoms with Crippen molar-refractivity contribution in [2.45, 2.75) is 25.1 Å². The molecule has 0 unspecified atom stereocenters. The van der Waals surface area contributed by atoms with Gasteiger partial charge < -0.3 is 5.73 Å². The van der Waals surface area contributed by atoms with Gasteiger partial charge in [0, 0.05) is 38.7 Å². The second-order valence-corrected chi connectivity index (χ2v) is 8.23. The van der Waals surface area contributed by atoms with Gasteiger partial charge in [0.1, 0.15) is 0 Å². The van der Waals surface area contributed by atoms with E-state index in [4.69, 9.17) is 5.73 Å². The Balaban J connectivity index is 1.85. The summed E-state index contributed by atoms with van der Waals surface area (Å²) in [5, 5.41) is 1.71. The lowest BCUT2D eigenvalue weighted by Crippen LogP contribution is -2.47. The fourth-order valence-electron chi connectivity index (χ4n) is 3.41. The number of fused-ring (bicyclic) bond motifs is 3. The molecule has 1 aliphatic heterocycles. The molecule has 148 valence electrons. The van der Waals surface area contributed by atoms with Crippen molar-refractivity contribution < 1.29 is 18.0 Å². The van der Waals surface area contributed by atoms with Crippen molar-refractivity contribution in [1.82, 2.24) is 4.90 Å². The van der Waals surface area contributed by atoms with Gasteiger partial charge in [0.05, 0.1) is 12.0 Å². The Kier molecular flexibility index (Phi) is 4.32. The van der Waals surface area contributed by atoms with Crippen LogP contribution in [0.15, 0.2) is 41.4 Å². The van der Waals surface area contributed by atoms with Crippen LogP contribution in [0.5, 0.6) is 0 Å². The van der Waals surface area contributed by atoms with Gasteiger partial charge in [-0.1, -0.05) is 12.0 Å². The van der Waals surface area contributed by atoms with Gasteiger partial charge in [-0.3, -0.25) is 9.69 Å². The van der Waals surface area contributed by atoms with Crippen molar-refractivity contribution in [3.8, 4) is 11.8 Å². The molecule has 4 nitrogen and oxygen atoms in total. The van der Waals surface area contributed by atoms with E-state index in [0.29, 0.717) is 5.56 Å². The van der Waals surface area contributed by atoms with Crippen molar-refractivity contribution in [2.75, 3.05) is 7.05 Å². The third kappa shape index (κ3) is 3.54. The Bertz CT molecular complexity index is 1250. The van der Waals surface area contributed by atoms with Gasteiger partial charge in [-0.15, -0.1) is 11.3 Å². The first-order valence-electron chi connectivity index (χ1n) is 8.74. The monoisotopic (exact) mass is 415 g/mol. The maximum Gasteiger partial charge on any atom is 0.458 e. The average molecular weight is 415 g/mol. The van der Waals surface area contributed by atoms with E-state index in [9.17, 15) is 18.0 Å². The molecular weight excluding hydrogens is 399 g/mol. The fraction of sp³-hybridized carbons (Fsp3) is 0.238. The standard InChI is InChI=1S/C21H16F3N3OS/c1-20(11-18(28)27(2)19(25)26-20)13-4-6-17-15(10-13)14-9-12(3-5-16(14)29-17)7-8-21(22,23)24/h3-6,9-10H,11H2,1-2H3,(H2,25,26)/t20-/m0/s1. The molecule has 0 saturated heterocycles. The maximum atomic E-state index is 12.4. The molecule has 1 amide bonds. The normalized spacial score (nSPS) is 20.0. The molecule has 2 N–H and O–H groups in total. The number of carbonyl (C=O) groups excluding carboxylic acids is 1. The van der Waals surface area contributed by atoms with Gasteiger partial charge in [0.2, 0.25) is 5.91 Å². The largest absolute Gasteiger partial charge is 0.458 e. The number of halogens is 3. The number of amides is 1. The Morgan fingerprint density at radius 2 is 1.83 bits per heavy atom. The topological polar surface area (TPSA) is 58.7 Å². The van der Waals surface area contributed by atoms with Gasteiger partial charge in [-0.25, -0.2) is 4.99 Å². The quantitative estimate of drug-likeness (QED) is 0.601. The van der Waals surface area contributed by atoms with Crippen LogP contribution in [-0.4, -0.2) is 30.0 Å². The number of carbonyl (C=O) groups is 1. The molecule has 4 rings (SSSR count). The zero-order chi connectivity index (χ0) is 21.0. The minimum atomic E-state index is -4.54. The molecule has 3 aromatic rings. The van der Waals surface area contributed by atoms with E-state index in [1.54, 1.807) is 36.6 Å². The van der Waals surface area contributed by atoms with E-state index in [-0.39, 0.29) is 18.3 Å². The van der Waals surface area contributed by atoms with Crippen LogP contribution in [0.1, 0.15) is 24.5 Å². The molecule has 0 saturated carbocycles. The molecule has 0 aliphatic carbocycles. The minimum absolute atomic E-state index is 0.125. The SMILES string of the molecule is CN1C(=O)C[C@@](C)(c2ccc3sc4ccc(C#CC(F)(F)F)cc4c3c2)N=C1N. The lowest BCUT2D eigenvalue weighted by molar-refractivity contribution is -0.128. The second kappa shape index (κ2) is 6.49. The second-order valence-electron chi connectivity index (χ2n) is 7.15. The molecule has 29 heavy (non-hydrogen) atoms. The predicted octanol–water partition coefficient (Wildman–Crippen LogP) is 4.36. The van der Waals surface area contributed by atoms with Crippen molar-refractivity contribution in [3.05, 3.63) is 47.5 Å². The predicted molar refractivity (Wildman–Crippen MR) is 109 cm³/mol. The zero-order valence-electron chi connectivity index (χ0n) is 15.6. The number of guanidine groups is 1. The lowest BCUT2D eigenvalue weighted by Gasteiger charge is -2.33. The highest BCUT2D eigenvalue weighted by Gasteiger charge is 2.36. The first-order chi connectivity index (χ1) is 13.6. The van der Waals surface area contributed by atoms with Crippen LogP contribution in [0.2, 0.25) is 0 Å². The highest BCUT2D eigenvalue weighted by molar-refractivity contribution is 7.25. The zero-order valence-corrected chi connectivity index (χ0v) is 16.4. The van der Waals surface area contributed by atoms with Crippen LogP contribution < -0.4 is 5.73 Å². The van der Waals surface area contributed by atoms with Crippen molar-refractivity contribution in [3.63, 3.8) is 0 Å².